The standard InChI is InChI=1S/C12H19N5O2S/c1-3-17-9-12(6-11(17)7-13)20(18,19)15-8-10-4-5-14-16(10)2/h4-6,9,15H,3,7-8,13H2,1-2H3. The highest BCUT2D eigenvalue weighted by molar-refractivity contribution is 7.89. The molecule has 0 aliphatic rings. The van der Waals surface area contributed by atoms with Crippen molar-refractivity contribution in [2.75, 3.05) is 0 Å². The number of sulfonamides is 1. The molecule has 0 bridgehead atoms. The van der Waals surface area contributed by atoms with Crippen molar-refractivity contribution in [3.63, 3.8) is 0 Å². The molecule has 0 aromatic carbocycles. The van der Waals surface area contributed by atoms with Gasteiger partial charge in [0.15, 0.2) is 0 Å². The monoisotopic (exact) mass is 297 g/mol. The van der Waals surface area contributed by atoms with Crippen molar-refractivity contribution < 1.29 is 8.42 Å². The third-order valence-corrected chi connectivity index (χ3v) is 4.55. The zero-order valence-corrected chi connectivity index (χ0v) is 12.4. The molecule has 8 heteroatoms. The van der Waals surface area contributed by atoms with Gasteiger partial charge in [0.1, 0.15) is 0 Å². The summed E-state index contributed by atoms with van der Waals surface area (Å²) in [6, 6.07) is 3.38. The smallest absolute Gasteiger partial charge is 0.242 e. The molecular weight excluding hydrogens is 278 g/mol. The maximum Gasteiger partial charge on any atom is 0.242 e. The van der Waals surface area contributed by atoms with E-state index in [1.54, 1.807) is 36.3 Å². The van der Waals surface area contributed by atoms with Crippen molar-refractivity contribution in [2.45, 2.75) is 31.5 Å². The van der Waals surface area contributed by atoms with Crippen LogP contribution >= 0.6 is 0 Å². The molecule has 0 aliphatic heterocycles. The Labute approximate surface area is 118 Å². The van der Waals surface area contributed by atoms with E-state index in [1.165, 1.54) is 0 Å². The molecule has 2 aromatic heterocycles. The zero-order valence-electron chi connectivity index (χ0n) is 11.6. The number of aryl methyl sites for hydroxylation is 2. The molecule has 0 atom stereocenters. The minimum Gasteiger partial charge on any atom is -0.349 e. The van der Waals surface area contributed by atoms with Gasteiger partial charge in [-0.15, -0.1) is 0 Å². The molecule has 3 N–H and O–H groups in total. The second-order valence-corrected chi connectivity index (χ2v) is 6.19. The van der Waals surface area contributed by atoms with Crippen LogP contribution in [-0.2, 0) is 36.7 Å². The van der Waals surface area contributed by atoms with Crippen LogP contribution in [0.15, 0.2) is 29.4 Å². The van der Waals surface area contributed by atoms with Gasteiger partial charge in [-0.05, 0) is 19.1 Å². The average Bonchev–Trinajstić information content (AvgIpc) is 3.02. The summed E-state index contributed by atoms with van der Waals surface area (Å²) >= 11 is 0. The fourth-order valence-corrected chi connectivity index (χ4v) is 3.03. The van der Waals surface area contributed by atoms with Gasteiger partial charge in [-0.1, -0.05) is 0 Å². The van der Waals surface area contributed by atoms with Crippen LogP contribution in [0.25, 0.3) is 0 Å². The van der Waals surface area contributed by atoms with Gasteiger partial charge in [0.25, 0.3) is 0 Å². The Morgan fingerprint density at radius 1 is 1.40 bits per heavy atom. The van der Waals surface area contributed by atoms with Crippen LogP contribution in [0.2, 0.25) is 0 Å². The number of nitrogens with one attached hydrogen (secondary N) is 1. The number of hydrogen-bond acceptors (Lipinski definition) is 4. The van der Waals surface area contributed by atoms with Gasteiger partial charge >= 0.3 is 0 Å². The summed E-state index contributed by atoms with van der Waals surface area (Å²) < 4.78 is 30.5. The molecule has 0 unspecified atom stereocenters. The van der Waals surface area contributed by atoms with Crippen LogP contribution in [0.1, 0.15) is 18.3 Å². The highest BCUT2D eigenvalue weighted by Gasteiger charge is 2.18. The minimum absolute atomic E-state index is 0.202. The van der Waals surface area contributed by atoms with E-state index in [2.05, 4.69) is 9.82 Å². The summed E-state index contributed by atoms with van der Waals surface area (Å²) in [5.74, 6) is 0. The summed E-state index contributed by atoms with van der Waals surface area (Å²) in [6.07, 6.45) is 3.23. The fraction of sp³-hybridized carbons (Fsp3) is 0.417. The Balaban J connectivity index is 2.18. The van der Waals surface area contributed by atoms with E-state index < -0.39 is 10.0 Å². The van der Waals surface area contributed by atoms with E-state index in [0.717, 1.165) is 11.4 Å². The average molecular weight is 297 g/mol. The summed E-state index contributed by atoms with van der Waals surface area (Å²) in [4.78, 5) is 0.238. The highest BCUT2D eigenvalue weighted by Crippen LogP contribution is 2.14. The molecule has 2 rings (SSSR count). The van der Waals surface area contributed by atoms with E-state index in [-0.39, 0.29) is 11.4 Å². The Hall–Kier alpha value is -1.64. The predicted molar refractivity (Wildman–Crippen MR) is 75.2 cm³/mol. The van der Waals surface area contributed by atoms with Gasteiger partial charge in [-0.3, -0.25) is 4.68 Å². The van der Waals surface area contributed by atoms with Crippen molar-refractivity contribution in [1.29, 1.82) is 0 Å². The third kappa shape index (κ3) is 2.92. The lowest BCUT2D eigenvalue weighted by Gasteiger charge is -2.05. The number of aromatic nitrogens is 3. The molecule has 110 valence electrons. The van der Waals surface area contributed by atoms with Crippen molar-refractivity contribution in [1.82, 2.24) is 19.1 Å². The van der Waals surface area contributed by atoms with E-state index >= 15 is 0 Å². The van der Waals surface area contributed by atoms with Gasteiger partial charge in [0.05, 0.1) is 17.1 Å². The summed E-state index contributed by atoms with van der Waals surface area (Å²) in [6.45, 7) is 3.14. The minimum atomic E-state index is -3.54. The van der Waals surface area contributed by atoms with E-state index in [1.807, 2.05) is 11.5 Å². The Morgan fingerprint density at radius 3 is 2.65 bits per heavy atom. The van der Waals surface area contributed by atoms with E-state index in [9.17, 15) is 8.42 Å². The Bertz CT molecular complexity index is 665. The maximum atomic E-state index is 12.2. The third-order valence-electron chi connectivity index (χ3n) is 3.19. The lowest BCUT2D eigenvalue weighted by Crippen LogP contribution is -2.24. The number of nitrogens with two attached hydrogens (primary N) is 1. The molecule has 0 saturated heterocycles. The molecule has 7 nitrogen and oxygen atoms in total. The molecule has 2 heterocycles. The Morgan fingerprint density at radius 2 is 2.15 bits per heavy atom. The maximum absolute atomic E-state index is 12.2. The first kappa shape index (κ1) is 14.8. The second-order valence-electron chi connectivity index (χ2n) is 4.43. The first-order valence-corrected chi connectivity index (χ1v) is 7.82. The lowest BCUT2D eigenvalue weighted by atomic mass is 10.4. The van der Waals surface area contributed by atoms with E-state index in [0.29, 0.717) is 13.1 Å². The molecule has 0 radical (unpaired) electrons. The topological polar surface area (TPSA) is 94.9 Å². The van der Waals surface area contributed by atoms with Gasteiger partial charge in [-0.25, -0.2) is 13.1 Å². The summed E-state index contributed by atoms with van der Waals surface area (Å²) in [7, 11) is -1.77. The molecular formula is C12H19N5O2S. The van der Waals surface area contributed by atoms with Crippen molar-refractivity contribution in [3.05, 3.63) is 35.9 Å². The largest absolute Gasteiger partial charge is 0.349 e. The summed E-state index contributed by atoms with van der Waals surface area (Å²) in [5, 5.41) is 4.00. The van der Waals surface area contributed by atoms with Gasteiger partial charge in [-0.2, -0.15) is 5.10 Å². The van der Waals surface area contributed by atoms with Crippen molar-refractivity contribution in [2.24, 2.45) is 12.8 Å². The van der Waals surface area contributed by atoms with Crippen LogP contribution in [0.5, 0.6) is 0 Å². The molecule has 0 amide bonds. The fourth-order valence-electron chi connectivity index (χ4n) is 1.97. The molecule has 0 spiro atoms. The van der Waals surface area contributed by atoms with Crippen LogP contribution < -0.4 is 10.5 Å². The second kappa shape index (κ2) is 5.78. The van der Waals surface area contributed by atoms with Crippen molar-refractivity contribution >= 4 is 10.0 Å². The lowest BCUT2D eigenvalue weighted by molar-refractivity contribution is 0.576. The molecule has 2 aromatic rings. The SMILES string of the molecule is CCn1cc(S(=O)(=O)NCc2ccnn2C)cc1CN. The molecule has 0 aliphatic carbocycles. The Kier molecular flexibility index (Phi) is 4.26. The van der Waals surface area contributed by atoms with Crippen molar-refractivity contribution in [3.8, 4) is 0 Å². The normalized spacial score (nSPS) is 11.9. The quantitative estimate of drug-likeness (QED) is 0.795. The summed E-state index contributed by atoms with van der Waals surface area (Å²) in [5.41, 5.74) is 7.20. The first-order valence-electron chi connectivity index (χ1n) is 6.33. The van der Waals surface area contributed by atoms with Crippen LogP contribution in [0, 0.1) is 0 Å². The van der Waals surface area contributed by atoms with Gasteiger partial charge < -0.3 is 10.3 Å². The first-order chi connectivity index (χ1) is 9.47. The molecule has 20 heavy (non-hydrogen) atoms. The van der Waals surface area contributed by atoms with Crippen LogP contribution in [0.4, 0.5) is 0 Å². The highest BCUT2D eigenvalue weighted by atomic mass is 32.2. The molecule has 0 saturated carbocycles. The number of hydrogen-bond donors (Lipinski definition) is 2. The van der Waals surface area contributed by atoms with Crippen LogP contribution in [-0.4, -0.2) is 22.8 Å². The van der Waals surface area contributed by atoms with Gasteiger partial charge in [0, 0.05) is 38.2 Å². The predicted octanol–water partition coefficient (Wildman–Crippen LogP) is 0.179. The van der Waals surface area contributed by atoms with Gasteiger partial charge in [0.2, 0.25) is 10.0 Å². The molecule has 0 fully saturated rings. The number of rotatable bonds is 6. The van der Waals surface area contributed by atoms with E-state index in [4.69, 9.17) is 5.73 Å². The van der Waals surface area contributed by atoms with Crippen LogP contribution in [0.3, 0.4) is 0 Å². The number of nitrogens with zero attached hydrogens (tertiary/aromatic N) is 3. The zero-order chi connectivity index (χ0) is 14.8.